The molecule has 0 aromatic rings. The number of nitrogens with zero attached hydrogens (tertiary/aromatic N) is 1. The third kappa shape index (κ3) is 2.83. The Balaban J connectivity index is 2.08. The molecule has 0 spiro atoms. The van der Waals surface area contributed by atoms with E-state index >= 15 is 0 Å². The molecule has 2 heteroatoms. The van der Waals surface area contributed by atoms with Crippen LogP contribution in [0.3, 0.4) is 0 Å². The van der Waals surface area contributed by atoms with Crippen molar-refractivity contribution in [2.24, 2.45) is 5.92 Å². The summed E-state index contributed by atoms with van der Waals surface area (Å²) in [5.74, 6) is 0.654. The molecule has 1 fully saturated rings. The number of ether oxygens (including phenoxy) is 1. The lowest BCUT2D eigenvalue weighted by Crippen LogP contribution is -2.00. The maximum absolute atomic E-state index is 8.58. The molecule has 0 radical (unpaired) electrons. The van der Waals surface area contributed by atoms with Crippen molar-refractivity contribution in [3.05, 3.63) is 0 Å². The molecule has 0 saturated carbocycles. The topological polar surface area (TPSA) is 33.0 Å². The van der Waals surface area contributed by atoms with Gasteiger partial charge in [0.25, 0.3) is 0 Å². The molecule has 1 rings (SSSR count). The maximum Gasteiger partial charge on any atom is 0.144 e. The standard InChI is InChI=1S/C10H17NO/c1-2-3-4-5-9-6-10(7-11)12-8-9/h9-10H,2-6,8H2,1H3. The highest BCUT2D eigenvalue weighted by atomic mass is 16.5. The Bertz CT molecular complexity index is 162. The number of unbranched alkanes of at least 4 members (excludes halogenated alkanes) is 2. The summed E-state index contributed by atoms with van der Waals surface area (Å²) in [7, 11) is 0. The predicted octanol–water partition coefficient (Wildman–Crippen LogP) is 2.50. The van der Waals surface area contributed by atoms with Gasteiger partial charge in [-0.05, 0) is 18.8 Å². The van der Waals surface area contributed by atoms with Gasteiger partial charge in [0.2, 0.25) is 0 Å². The van der Waals surface area contributed by atoms with Crippen molar-refractivity contribution in [1.82, 2.24) is 0 Å². The second-order valence-electron chi connectivity index (χ2n) is 3.55. The van der Waals surface area contributed by atoms with E-state index in [2.05, 4.69) is 13.0 Å². The van der Waals surface area contributed by atoms with Crippen LogP contribution in [0.1, 0.15) is 39.0 Å². The minimum atomic E-state index is -0.114. The lowest BCUT2D eigenvalue weighted by atomic mass is 9.99. The monoisotopic (exact) mass is 167 g/mol. The predicted molar refractivity (Wildman–Crippen MR) is 47.6 cm³/mol. The molecule has 12 heavy (non-hydrogen) atoms. The highest BCUT2D eigenvalue weighted by Gasteiger charge is 2.24. The van der Waals surface area contributed by atoms with Crippen LogP contribution < -0.4 is 0 Å². The first kappa shape index (κ1) is 9.54. The highest BCUT2D eigenvalue weighted by Crippen LogP contribution is 2.23. The van der Waals surface area contributed by atoms with Crippen molar-refractivity contribution >= 4 is 0 Å². The molecule has 2 unspecified atom stereocenters. The number of hydrogen-bond donors (Lipinski definition) is 0. The van der Waals surface area contributed by atoms with Crippen molar-refractivity contribution in [2.45, 2.75) is 45.1 Å². The Hall–Kier alpha value is -0.550. The first-order chi connectivity index (χ1) is 5.86. The third-order valence-corrected chi connectivity index (χ3v) is 2.44. The Morgan fingerprint density at radius 3 is 2.92 bits per heavy atom. The van der Waals surface area contributed by atoms with Gasteiger partial charge in [-0.15, -0.1) is 0 Å². The minimum absolute atomic E-state index is 0.114. The van der Waals surface area contributed by atoms with Gasteiger partial charge < -0.3 is 4.74 Å². The Kier molecular flexibility index (Phi) is 4.10. The van der Waals surface area contributed by atoms with Crippen LogP contribution in [0.5, 0.6) is 0 Å². The van der Waals surface area contributed by atoms with Crippen LogP contribution in [-0.2, 0) is 4.74 Å². The highest BCUT2D eigenvalue weighted by molar-refractivity contribution is 4.89. The first-order valence-electron chi connectivity index (χ1n) is 4.88. The summed E-state index contributed by atoms with van der Waals surface area (Å²) in [5, 5.41) is 8.58. The molecule has 0 bridgehead atoms. The molecule has 2 nitrogen and oxygen atoms in total. The quantitative estimate of drug-likeness (QED) is 0.603. The molecule has 1 saturated heterocycles. The zero-order valence-corrected chi connectivity index (χ0v) is 7.75. The summed E-state index contributed by atoms with van der Waals surface area (Å²) in [4.78, 5) is 0. The van der Waals surface area contributed by atoms with E-state index in [1.54, 1.807) is 0 Å². The van der Waals surface area contributed by atoms with Crippen LogP contribution in [0.4, 0.5) is 0 Å². The fourth-order valence-electron chi connectivity index (χ4n) is 1.67. The molecule has 0 aromatic carbocycles. The van der Waals surface area contributed by atoms with E-state index < -0.39 is 0 Å². The van der Waals surface area contributed by atoms with Crippen molar-refractivity contribution in [3.63, 3.8) is 0 Å². The van der Waals surface area contributed by atoms with Crippen LogP contribution in [0.25, 0.3) is 0 Å². The van der Waals surface area contributed by atoms with Gasteiger partial charge in [0.15, 0.2) is 0 Å². The van der Waals surface area contributed by atoms with Crippen LogP contribution in [-0.4, -0.2) is 12.7 Å². The summed E-state index contributed by atoms with van der Waals surface area (Å²) in [6.45, 7) is 3.02. The van der Waals surface area contributed by atoms with Crippen molar-refractivity contribution in [2.75, 3.05) is 6.61 Å². The molecule has 0 aromatic heterocycles. The molecule has 0 N–H and O–H groups in total. The molecular formula is C10H17NO. The second-order valence-corrected chi connectivity index (χ2v) is 3.55. The molecule has 0 aliphatic carbocycles. The Labute approximate surface area is 74.5 Å². The van der Waals surface area contributed by atoms with Crippen LogP contribution in [0.2, 0.25) is 0 Å². The van der Waals surface area contributed by atoms with Gasteiger partial charge in [-0.2, -0.15) is 5.26 Å². The zero-order chi connectivity index (χ0) is 8.81. The fourth-order valence-corrected chi connectivity index (χ4v) is 1.67. The SMILES string of the molecule is CCCCCC1COC(C#N)C1. The molecule has 0 amide bonds. The van der Waals surface area contributed by atoms with E-state index in [0.717, 1.165) is 13.0 Å². The molecule has 2 atom stereocenters. The van der Waals surface area contributed by atoms with Gasteiger partial charge >= 0.3 is 0 Å². The van der Waals surface area contributed by atoms with Crippen LogP contribution >= 0.6 is 0 Å². The van der Waals surface area contributed by atoms with E-state index in [-0.39, 0.29) is 6.10 Å². The maximum atomic E-state index is 8.58. The number of hydrogen-bond acceptors (Lipinski definition) is 2. The van der Waals surface area contributed by atoms with Gasteiger partial charge in [-0.3, -0.25) is 0 Å². The summed E-state index contributed by atoms with van der Waals surface area (Å²) < 4.78 is 5.28. The lowest BCUT2D eigenvalue weighted by Gasteiger charge is -2.04. The average molecular weight is 167 g/mol. The zero-order valence-electron chi connectivity index (χ0n) is 7.75. The summed E-state index contributed by atoms with van der Waals surface area (Å²) >= 11 is 0. The molecule has 1 aliphatic heterocycles. The smallest absolute Gasteiger partial charge is 0.144 e. The van der Waals surface area contributed by atoms with E-state index in [9.17, 15) is 0 Å². The minimum Gasteiger partial charge on any atom is -0.363 e. The van der Waals surface area contributed by atoms with Crippen molar-refractivity contribution in [1.29, 1.82) is 5.26 Å². The fraction of sp³-hybridized carbons (Fsp3) is 0.900. The van der Waals surface area contributed by atoms with Crippen molar-refractivity contribution < 1.29 is 4.74 Å². The van der Waals surface area contributed by atoms with Gasteiger partial charge in [-0.25, -0.2) is 0 Å². The number of nitriles is 1. The van der Waals surface area contributed by atoms with E-state index in [1.165, 1.54) is 25.7 Å². The largest absolute Gasteiger partial charge is 0.363 e. The van der Waals surface area contributed by atoms with Crippen LogP contribution in [0.15, 0.2) is 0 Å². The Morgan fingerprint density at radius 2 is 2.33 bits per heavy atom. The third-order valence-electron chi connectivity index (χ3n) is 2.44. The van der Waals surface area contributed by atoms with Gasteiger partial charge in [0.05, 0.1) is 12.7 Å². The first-order valence-corrected chi connectivity index (χ1v) is 4.88. The van der Waals surface area contributed by atoms with Crippen LogP contribution in [0, 0.1) is 17.2 Å². The van der Waals surface area contributed by atoms with Gasteiger partial charge in [0.1, 0.15) is 6.10 Å². The Morgan fingerprint density at radius 1 is 1.50 bits per heavy atom. The summed E-state index contributed by atoms with van der Waals surface area (Å²) in [6, 6.07) is 2.16. The van der Waals surface area contributed by atoms with Gasteiger partial charge in [0, 0.05) is 0 Å². The lowest BCUT2D eigenvalue weighted by molar-refractivity contribution is 0.142. The number of rotatable bonds is 4. The van der Waals surface area contributed by atoms with E-state index in [1.807, 2.05) is 0 Å². The molecule has 68 valence electrons. The molecule has 1 aliphatic rings. The summed E-state index contributed by atoms with van der Waals surface area (Å²) in [5.41, 5.74) is 0. The van der Waals surface area contributed by atoms with E-state index in [4.69, 9.17) is 10.00 Å². The molecule has 1 heterocycles. The van der Waals surface area contributed by atoms with E-state index in [0.29, 0.717) is 5.92 Å². The normalized spacial score (nSPS) is 28.7. The molecular weight excluding hydrogens is 150 g/mol. The average Bonchev–Trinajstić information content (AvgIpc) is 2.53. The summed E-state index contributed by atoms with van der Waals surface area (Å²) in [6.07, 6.45) is 5.97. The van der Waals surface area contributed by atoms with Crippen molar-refractivity contribution in [3.8, 4) is 6.07 Å². The van der Waals surface area contributed by atoms with Gasteiger partial charge in [-0.1, -0.05) is 26.2 Å². The second kappa shape index (κ2) is 5.16.